The van der Waals surface area contributed by atoms with Gasteiger partial charge in [0.2, 0.25) is 0 Å². The molecular formula is C16H13BrFNO. The fourth-order valence-corrected chi connectivity index (χ4v) is 2.93. The van der Waals surface area contributed by atoms with Crippen molar-refractivity contribution in [3.8, 4) is 0 Å². The predicted molar refractivity (Wildman–Crippen MR) is 81.1 cm³/mol. The summed E-state index contributed by atoms with van der Waals surface area (Å²) in [6.45, 7) is 1.97. The van der Waals surface area contributed by atoms with Gasteiger partial charge in [0.1, 0.15) is 17.2 Å². The Balaban J connectivity index is 2.11. The van der Waals surface area contributed by atoms with Gasteiger partial charge in [-0.15, -0.1) is 0 Å². The maximum Gasteiger partial charge on any atom is 0.137 e. The number of hydrogen-bond donors (Lipinski definition) is 1. The van der Waals surface area contributed by atoms with E-state index in [2.05, 4.69) is 15.9 Å². The maximum atomic E-state index is 13.8. The fourth-order valence-electron chi connectivity index (χ4n) is 2.34. The van der Waals surface area contributed by atoms with Gasteiger partial charge in [-0.05, 0) is 36.8 Å². The Morgan fingerprint density at radius 1 is 1.20 bits per heavy atom. The third kappa shape index (κ3) is 2.25. The van der Waals surface area contributed by atoms with E-state index in [0.29, 0.717) is 11.3 Å². The first-order chi connectivity index (χ1) is 9.56. The molecule has 0 radical (unpaired) electrons. The Morgan fingerprint density at radius 3 is 2.70 bits per heavy atom. The molecule has 0 spiro atoms. The van der Waals surface area contributed by atoms with E-state index in [0.717, 1.165) is 21.0 Å². The average Bonchev–Trinajstić information content (AvgIpc) is 2.82. The van der Waals surface area contributed by atoms with Crippen molar-refractivity contribution in [1.29, 1.82) is 0 Å². The molecule has 0 fully saturated rings. The van der Waals surface area contributed by atoms with Crippen LogP contribution >= 0.6 is 15.9 Å². The minimum absolute atomic E-state index is 0.321. The number of hydrogen-bond acceptors (Lipinski definition) is 2. The van der Waals surface area contributed by atoms with Crippen molar-refractivity contribution in [3.63, 3.8) is 0 Å². The first kappa shape index (κ1) is 13.3. The summed E-state index contributed by atoms with van der Waals surface area (Å²) in [5.74, 6) is 0.240. The Hall–Kier alpha value is -1.65. The second-order valence-corrected chi connectivity index (χ2v) is 5.70. The number of fused-ring (bicyclic) bond motifs is 1. The molecule has 0 saturated carbocycles. The van der Waals surface area contributed by atoms with Crippen LogP contribution in [-0.4, -0.2) is 0 Å². The van der Waals surface area contributed by atoms with Crippen LogP contribution in [0.15, 0.2) is 51.4 Å². The summed E-state index contributed by atoms with van der Waals surface area (Å²) in [5.41, 5.74) is 8.36. The molecule has 1 atom stereocenters. The molecule has 1 heterocycles. The normalized spacial score (nSPS) is 12.8. The van der Waals surface area contributed by atoms with Gasteiger partial charge in [-0.3, -0.25) is 0 Å². The molecule has 102 valence electrons. The van der Waals surface area contributed by atoms with Crippen LogP contribution < -0.4 is 5.73 Å². The van der Waals surface area contributed by atoms with Gasteiger partial charge in [0.25, 0.3) is 0 Å². The second kappa shape index (κ2) is 5.04. The Kier molecular flexibility index (Phi) is 3.36. The van der Waals surface area contributed by atoms with Crippen LogP contribution in [-0.2, 0) is 0 Å². The SMILES string of the molecule is Cc1cc(Br)cc2cc(C(N)c3ccccc3F)oc12. The van der Waals surface area contributed by atoms with Crippen LogP contribution in [0.25, 0.3) is 11.0 Å². The lowest BCUT2D eigenvalue weighted by Crippen LogP contribution is -2.12. The van der Waals surface area contributed by atoms with Crippen molar-refractivity contribution in [2.45, 2.75) is 13.0 Å². The number of rotatable bonds is 2. The molecule has 4 heteroatoms. The highest BCUT2D eigenvalue weighted by Gasteiger charge is 2.18. The Morgan fingerprint density at radius 2 is 1.95 bits per heavy atom. The molecule has 1 aromatic heterocycles. The molecule has 0 aliphatic heterocycles. The highest BCUT2D eigenvalue weighted by atomic mass is 79.9. The van der Waals surface area contributed by atoms with Gasteiger partial charge in [0, 0.05) is 15.4 Å². The molecule has 1 unspecified atom stereocenters. The van der Waals surface area contributed by atoms with Gasteiger partial charge >= 0.3 is 0 Å². The lowest BCUT2D eigenvalue weighted by Gasteiger charge is -2.09. The molecule has 0 bridgehead atoms. The number of benzene rings is 2. The topological polar surface area (TPSA) is 39.2 Å². The summed E-state index contributed by atoms with van der Waals surface area (Å²) in [5, 5.41) is 0.957. The van der Waals surface area contributed by atoms with Gasteiger partial charge in [-0.1, -0.05) is 34.1 Å². The van der Waals surface area contributed by atoms with Crippen molar-refractivity contribution in [2.75, 3.05) is 0 Å². The standard InChI is InChI=1S/C16H13BrFNO/c1-9-6-11(17)7-10-8-14(20-16(9)10)15(19)12-4-2-3-5-13(12)18/h2-8,15H,19H2,1H3. The fraction of sp³-hybridized carbons (Fsp3) is 0.125. The van der Waals surface area contributed by atoms with Crippen molar-refractivity contribution in [3.05, 3.63) is 69.6 Å². The molecular weight excluding hydrogens is 321 g/mol. The minimum atomic E-state index is -0.609. The van der Waals surface area contributed by atoms with E-state index in [9.17, 15) is 4.39 Å². The van der Waals surface area contributed by atoms with E-state index >= 15 is 0 Å². The largest absolute Gasteiger partial charge is 0.459 e. The van der Waals surface area contributed by atoms with Crippen molar-refractivity contribution in [2.24, 2.45) is 5.73 Å². The zero-order chi connectivity index (χ0) is 14.3. The molecule has 2 aromatic carbocycles. The van der Waals surface area contributed by atoms with Gasteiger partial charge in [-0.25, -0.2) is 4.39 Å². The molecule has 0 aliphatic rings. The summed E-state index contributed by atoms with van der Waals surface area (Å²) >= 11 is 3.45. The van der Waals surface area contributed by atoms with E-state index < -0.39 is 6.04 Å². The Bertz CT molecular complexity index is 781. The zero-order valence-electron chi connectivity index (χ0n) is 10.9. The molecule has 3 rings (SSSR count). The number of halogens is 2. The lowest BCUT2D eigenvalue weighted by molar-refractivity contribution is 0.509. The highest BCUT2D eigenvalue weighted by molar-refractivity contribution is 9.10. The van der Waals surface area contributed by atoms with Crippen molar-refractivity contribution >= 4 is 26.9 Å². The quantitative estimate of drug-likeness (QED) is 0.738. The molecule has 0 aliphatic carbocycles. The summed E-state index contributed by atoms with van der Waals surface area (Å²) < 4.78 is 20.6. The third-order valence-corrected chi connectivity index (χ3v) is 3.79. The maximum absolute atomic E-state index is 13.8. The van der Waals surface area contributed by atoms with Crippen molar-refractivity contribution in [1.82, 2.24) is 0 Å². The van der Waals surface area contributed by atoms with Crippen LogP contribution in [0, 0.1) is 12.7 Å². The van der Waals surface area contributed by atoms with Gasteiger partial charge in [0.05, 0.1) is 6.04 Å². The monoisotopic (exact) mass is 333 g/mol. The lowest BCUT2D eigenvalue weighted by atomic mass is 10.0. The molecule has 2 N–H and O–H groups in total. The summed E-state index contributed by atoms with van der Waals surface area (Å²) in [6.07, 6.45) is 0. The van der Waals surface area contributed by atoms with Crippen LogP contribution in [0.1, 0.15) is 22.9 Å². The van der Waals surface area contributed by atoms with Crippen LogP contribution in [0.2, 0.25) is 0 Å². The molecule has 0 amide bonds. The van der Waals surface area contributed by atoms with E-state index in [4.69, 9.17) is 10.2 Å². The van der Waals surface area contributed by atoms with E-state index in [1.54, 1.807) is 18.2 Å². The zero-order valence-corrected chi connectivity index (χ0v) is 12.4. The summed E-state index contributed by atoms with van der Waals surface area (Å²) in [7, 11) is 0. The van der Waals surface area contributed by atoms with Gasteiger partial charge in [-0.2, -0.15) is 0 Å². The number of aryl methyl sites for hydroxylation is 1. The predicted octanol–water partition coefficient (Wildman–Crippen LogP) is 4.69. The van der Waals surface area contributed by atoms with E-state index in [-0.39, 0.29) is 5.82 Å². The summed E-state index contributed by atoms with van der Waals surface area (Å²) in [6, 6.07) is 11.7. The smallest absolute Gasteiger partial charge is 0.137 e. The average molecular weight is 334 g/mol. The highest BCUT2D eigenvalue weighted by Crippen LogP contribution is 2.31. The van der Waals surface area contributed by atoms with E-state index in [1.807, 2.05) is 25.1 Å². The number of nitrogens with two attached hydrogens (primary N) is 1. The van der Waals surface area contributed by atoms with Crippen LogP contribution in [0.3, 0.4) is 0 Å². The van der Waals surface area contributed by atoms with Crippen molar-refractivity contribution < 1.29 is 8.81 Å². The third-order valence-electron chi connectivity index (χ3n) is 3.33. The van der Waals surface area contributed by atoms with Gasteiger partial charge < -0.3 is 10.2 Å². The van der Waals surface area contributed by atoms with E-state index in [1.165, 1.54) is 6.07 Å². The Labute approximate surface area is 124 Å². The number of furan rings is 1. The van der Waals surface area contributed by atoms with Crippen LogP contribution in [0.4, 0.5) is 4.39 Å². The second-order valence-electron chi connectivity index (χ2n) is 4.79. The molecule has 20 heavy (non-hydrogen) atoms. The van der Waals surface area contributed by atoms with Crippen LogP contribution in [0.5, 0.6) is 0 Å². The molecule has 2 nitrogen and oxygen atoms in total. The first-order valence-electron chi connectivity index (χ1n) is 6.26. The minimum Gasteiger partial charge on any atom is -0.459 e. The molecule has 0 saturated heterocycles. The first-order valence-corrected chi connectivity index (χ1v) is 7.05. The molecule has 3 aromatic rings. The summed E-state index contributed by atoms with van der Waals surface area (Å²) in [4.78, 5) is 0. The van der Waals surface area contributed by atoms with Gasteiger partial charge in [0.15, 0.2) is 0 Å².